The lowest BCUT2D eigenvalue weighted by molar-refractivity contribution is -0.132. The van der Waals surface area contributed by atoms with Crippen LogP contribution in [0.5, 0.6) is 11.5 Å². The fourth-order valence-corrected chi connectivity index (χ4v) is 3.79. The molecule has 1 aliphatic heterocycles. The van der Waals surface area contributed by atoms with Gasteiger partial charge < -0.3 is 14.6 Å². The summed E-state index contributed by atoms with van der Waals surface area (Å²) in [6.07, 6.45) is 2.42. The minimum atomic E-state index is -0.904. The maximum Gasteiger partial charge on any atom is 0.300 e. The van der Waals surface area contributed by atoms with Crippen LogP contribution in [0, 0.1) is 0 Å². The Morgan fingerprint density at radius 3 is 2.55 bits per heavy atom. The first-order chi connectivity index (χ1) is 16.0. The Morgan fingerprint density at radius 2 is 1.82 bits per heavy atom. The molecule has 0 bridgehead atoms. The molecule has 0 saturated carbocycles. The van der Waals surface area contributed by atoms with Crippen molar-refractivity contribution >= 4 is 23.1 Å². The van der Waals surface area contributed by atoms with E-state index in [0.29, 0.717) is 35.1 Å². The second-order valence-electron chi connectivity index (χ2n) is 7.50. The Hall–Kier alpha value is -4.13. The molecule has 0 radical (unpaired) electrons. The number of aliphatic hydroxyl groups is 1. The molecule has 1 fully saturated rings. The maximum atomic E-state index is 13.2. The van der Waals surface area contributed by atoms with Gasteiger partial charge >= 0.3 is 0 Å². The van der Waals surface area contributed by atoms with E-state index in [0.717, 1.165) is 6.42 Å². The van der Waals surface area contributed by atoms with E-state index in [1.54, 1.807) is 72.9 Å². The van der Waals surface area contributed by atoms with Crippen LogP contribution in [0.4, 0.5) is 5.69 Å². The first kappa shape index (κ1) is 22.1. The van der Waals surface area contributed by atoms with Crippen LogP contribution >= 0.6 is 0 Å². The number of methoxy groups -OCH3 is 1. The Labute approximate surface area is 191 Å². The van der Waals surface area contributed by atoms with Crippen molar-refractivity contribution in [2.24, 2.45) is 0 Å². The Morgan fingerprint density at radius 1 is 1.03 bits per heavy atom. The van der Waals surface area contributed by atoms with Crippen LogP contribution in [0.15, 0.2) is 78.5 Å². The highest BCUT2D eigenvalue weighted by Crippen LogP contribution is 2.42. The smallest absolute Gasteiger partial charge is 0.300 e. The molecule has 33 heavy (non-hydrogen) atoms. The largest absolute Gasteiger partial charge is 0.507 e. The third-order valence-electron chi connectivity index (χ3n) is 5.32. The lowest BCUT2D eigenvalue weighted by Gasteiger charge is -2.25. The van der Waals surface area contributed by atoms with Gasteiger partial charge in [-0.3, -0.25) is 19.5 Å². The molecule has 0 spiro atoms. The van der Waals surface area contributed by atoms with E-state index in [1.807, 2.05) is 6.92 Å². The molecular weight excluding hydrogens is 420 g/mol. The lowest BCUT2D eigenvalue weighted by atomic mass is 9.98. The van der Waals surface area contributed by atoms with Crippen molar-refractivity contribution in [1.29, 1.82) is 0 Å². The van der Waals surface area contributed by atoms with E-state index in [2.05, 4.69) is 4.98 Å². The Bertz CT molecular complexity index is 1210. The highest BCUT2D eigenvalue weighted by Gasteiger charge is 2.47. The SMILES string of the molecule is CCCOc1cccc(/C(O)=C2\C(=O)C(=O)N(c3cccc(OC)c3)C2c2ccccn2)c1. The summed E-state index contributed by atoms with van der Waals surface area (Å²) in [6.45, 7) is 2.52. The number of nitrogens with zero attached hydrogens (tertiary/aromatic N) is 2. The number of aromatic nitrogens is 1. The van der Waals surface area contributed by atoms with Crippen LogP contribution in [0.3, 0.4) is 0 Å². The van der Waals surface area contributed by atoms with Crippen LogP contribution in [0.25, 0.3) is 5.76 Å². The summed E-state index contributed by atoms with van der Waals surface area (Å²) in [5.41, 5.74) is 1.27. The zero-order chi connectivity index (χ0) is 23.4. The van der Waals surface area contributed by atoms with Crippen molar-refractivity contribution in [2.45, 2.75) is 19.4 Å². The Balaban J connectivity index is 1.88. The summed E-state index contributed by atoms with van der Waals surface area (Å²) in [7, 11) is 1.52. The number of Topliss-reactive ketones (excluding diaryl/α,β-unsaturated/α-hetero) is 1. The molecule has 4 rings (SSSR count). The number of hydrogen-bond donors (Lipinski definition) is 1. The van der Waals surface area contributed by atoms with E-state index in [9.17, 15) is 14.7 Å². The normalized spacial score (nSPS) is 17.3. The molecule has 1 unspecified atom stereocenters. The summed E-state index contributed by atoms with van der Waals surface area (Å²) < 4.78 is 11.0. The number of benzene rings is 2. The van der Waals surface area contributed by atoms with Gasteiger partial charge in [0.05, 0.1) is 25.0 Å². The molecule has 0 aliphatic carbocycles. The predicted molar refractivity (Wildman–Crippen MR) is 124 cm³/mol. The standard InChI is InChI=1S/C26H24N2O5/c1-3-14-33-20-11-6-8-17(15-20)24(29)22-23(21-12-4-5-13-27-21)28(26(31)25(22)30)18-9-7-10-19(16-18)32-2/h4-13,15-16,23,29H,3,14H2,1-2H3/b24-22+. The molecule has 3 aromatic rings. The van der Waals surface area contributed by atoms with Gasteiger partial charge in [0, 0.05) is 23.5 Å². The average molecular weight is 444 g/mol. The number of carbonyl (C=O) groups is 2. The summed E-state index contributed by atoms with van der Waals surface area (Å²) in [4.78, 5) is 32.1. The van der Waals surface area contributed by atoms with Gasteiger partial charge in [-0.2, -0.15) is 0 Å². The first-order valence-corrected chi connectivity index (χ1v) is 10.6. The molecule has 1 aliphatic rings. The molecule has 7 nitrogen and oxygen atoms in total. The third-order valence-corrected chi connectivity index (χ3v) is 5.32. The summed E-state index contributed by atoms with van der Waals surface area (Å²) in [5, 5.41) is 11.2. The van der Waals surface area contributed by atoms with Crippen molar-refractivity contribution in [1.82, 2.24) is 4.98 Å². The van der Waals surface area contributed by atoms with Gasteiger partial charge in [-0.25, -0.2) is 0 Å². The fraction of sp³-hybridized carbons (Fsp3) is 0.192. The number of anilines is 1. The lowest BCUT2D eigenvalue weighted by Crippen LogP contribution is -2.29. The van der Waals surface area contributed by atoms with Gasteiger partial charge in [0.1, 0.15) is 23.3 Å². The molecule has 7 heteroatoms. The van der Waals surface area contributed by atoms with Crippen LogP contribution in [-0.2, 0) is 9.59 Å². The monoisotopic (exact) mass is 444 g/mol. The van der Waals surface area contributed by atoms with Crippen LogP contribution < -0.4 is 14.4 Å². The summed E-state index contributed by atoms with van der Waals surface area (Å²) in [5.74, 6) is -0.715. The summed E-state index contributed by atoms with van der Waals surface area (Å²) in [6, 6.07) is 18.0. The number of aliphatic hydroxyl groups excluding tert-OH is 1. The number of carbonyl (C=O) groups excluding carboxylic acids is 2. The number of pyridine rings is 1. The summed E-state index contributed by atoms with van der Waals surface area (Å²) >= 11 is 0. The topological polar surface area (TPSA) is 89.0 Å². The third kappa shape index (κ3) is 4.30. The molecule has 1 N–H and O–H groups in total. The first-order valence-electron chi connectivity index (χ1n) is 10.6. The number of hydrogen-bond acceptors (Lipinski definition) is 6. The zero-order valence-electron chi connectivity index (χ0n) is 18.4. The van der Waals surface area contributed by atoms with Crippen molar-refractivity contribution in [3.8, 4) is 11.5 Å². The van der Waals surface area contributed by atoms with E-state index >= 15 is 0 Å². The number of ketones is 1. The predicted octanol–water partition coefficient (Wildman–Crippen LogP) is 4.51. The maximum absolute atomic E-state index is 13.2. The molecule has 1 aromatic heterocycles. The van der Waals surface area contributed by atoms with Crippen LogP contribution in [-0.4, -0.2) is 35.5 Å². The van der Waals surface area contributed by atoms with Crippen molar-refractivity contribution in [3.63, 3.8) is 0 Å². The van der Waals surface area contributed by atoms with Gasteiger partial charge in [0.15, 0.2) is 0 Å². The molecule has 1 amide bonds. The minimum absolute atomic E-state index is 0.0332. The number of amides is 1. The molecule has 2 aromatic carbocycles. The highest BCUT2D eigenvalue weighted by molar-refractivity contribution is 6.51. The Kier molecular flexibility index (Phi) is 6.40. The van der Waals surface area contributed by atoms with Gasteiger partial charge in [-0.1, -0.05) is 31.2 Å². The average Bonchev–Trinajstić information content (AvgIpc) is 3.13. The molecule has 1 saturated heterocycles. The van der Waals surface area contributed by atoms with E-state index in [4.69, 9.17) is 9.47 Å². The van der Waals surface area contributed by atoms with Gasteiger partial charge in [-0.05, 0) is 42.8 Å². The van der Waals surface area contributed by atoms with E-state index in [-0.39, 0.29) is 11.3 Å². The van der Waals surface area contributed by atoms with Crippen molar-refractivity contribution in [2.75, 3.05) is 18.6 Å². The van der Waals surface area contributed by atoms with E-state index < -0.39 is 17.7 Å². The van der Waals surface area contributed by atoms with E-state index in [1.165, 1.54) is 12.0 Å². The quantitative estimate of drug-likeness (QED) is 0.328. The highest BCUT2D eigenvalue weighted by atomic mass is 16.5. The van der Waals surface area contributed by atoms with Gasteiger partial charge in [-0.15, -0.1) is 0 Å². The fourth-order valence-electron chi connectivity index (χ4n) is 3.79. The molecule has 168 valence electrons. The van der Waals surface area contributed by atoms with Gasteiger partial charge in [0.2, 0.25) is 0 Å². The molecule has 2 heterocycles. The number of ether oxygens (including phenoxy) is 2. The van der Waals surface area contributed by atoms with Crippen LogP contribution in [0.2, 0.25) is 0 Å². The van der Waals surface area contributed by atoms with Crippen LogP contribution in [0.1, 0.15) is 30.6 Å². The molecule has 1 atom stereocenters. The zero-order valence-corrected chi connectivity index (χ0v) is 18.4. The van der Waals surface area contributed by atoms with Crippen molar-refractivity contribution < 1.29 is 24.2 Å². The second-order valence-corrected chi connectivity index (χ2v) is 7.50. The van der Waals surface area contributed by atoms with Gasteiger partial charge in [0.25, 0.3) is 11.7 Å². The second kappa shape index (κ2) is 9.56. The number of rotatable bonds is 7. The minimum Gasteiger partial charge on any atom is -0.507 e. The van der Waals surface area contributed by atoms with Crippen molar-refractivity contribution in [3.05, 3.63) is 89.8 Å². The molecular formula is C26H24N2O5.